The highest BCUT2D eigenvalue weighted by Crippen LogP contribution is 2.37. The summed E-state index contributed by atoms with van der Waals surface area (Å²) in [6.07, 6.45) is 5.02. The predicted octanol–water partition coefficient (Wildman–Crippen LogP) is 4.64. The first-order valence-electron chi connectivity index (χ1n) is 11.8. The molecule has 186 valence electrons. The number of anilines is 1. The molecule has 0 radical (unpaired) electrons. The minimum atomic E-state index is -0.380. The summed E-state index contributed by atoms with van der Waals surface area (Å²) in [5.74, 6) is 0.588. The normalized spacial score (nSPS) is 12.4. The number of amides is 2. The quantitative estimate of drug-likeness (QED) is 0.479. The summed E-state index contributed by atoms with van der Waals surface area (Å²) in [5.41, 5.74) is 4.46. The molecule has 1 aliphatic heterocycles. The summed E-state index contributed by atoms with van der Waals surface area (Å²) in [6, 6.07) is 11.9. The molecule has 1 aromatic carbocycles. The van der Waals surface area contributed by atoms with Crippen LogP contribution >= 0.6 is 11.3 Å². The van der Waals surface area contributed by atoms with E-state index in [0.29, 0.717) is 42.9 Å². The van der Waals surface area contributed by atoms with Gasteiger partial charge in [0.15, 0.2) is 0 Å². The van der Waals surface area contributed by atoms with E-state index in [1.165, 1.54) is 11.3 Å². The van der Waals surface area contributed by atoms with E-state index >= 15 is 0 Å². The topological polar surface area (TPSA) is 105 Å². The molecule has 0 aliphatic carbocycles. The van der Waals surface area contributed by atoms with Gasteiger partial charge < -0.3 is 19.7 Å². The van der Waals surface area contributed by atoms with Crippen molar-refractivity contribution in [3.63, 3.8) is 0 Å². The van der Waals surface area contributed by atoms with Crippen LogP contribution in [-0.2, 0) is 35.3 Å². The van der Waals surface area contributed by atoms with Gasteiger partial charge in [-0.2, -0.15) is 5.26 Å². The first-order chi connectivity index (χ1) is 17.5. The molecule has 9 heteroatoms. The Morgan fingerprint density at radius 3 is 2.89 bits per heavy atom. The Kier molecular flexibility index (Phi) is 8.18. The molecule has 0 atom stereocenters. The Morgan fingerprint density at radius 2 is 2.14 bits per heavy atom. The lowest BCUT2D eigenvalue weighted by Gasteiger charge is -2.26. The standard InChI is InChI=1S/C27H28N4O4S/c1-18-5-7-23(34-2)20(14-18)6-8-25(32)30-26-22(15-28)21-9-12-31(17-24(21)36-26)27(33)35-13-10-19-4-3-11-29-16-19/h3-5,7,11,14,16H,6,8-10,12-13,17H2,1-2H3,(H,30,32). The highest BCUT2D eigenvalue weighted by atomic mass is 32.1. The summed E-state index contributed by atoms with van der Waals surface area (Å²) in [4.78, 5) is 31.9. The number of carbonyl (C=O) groups is 2. The van der Waals surface area contributed by atoms with Crippen LogP contribution in [0.3, 0.4) is 0 Å². The minimum Gasteiger partial charge on any atom is -0.496 e. The summed E-state index contributed by atoms with van der Waals surface area (Å²) in [7, 11) is 1.61. The molecule has 0 saturated heterocycles. The predicted molar refractivity (Wildman–Crippen MR) is 137 cm³/mol. The number of nitrogens with zero attached hydrogens (tertiary/aromatic N) is 3. The van der Waals surface area contributed by atoms with E-state index in [0.717, 1.165) is 32.9 Å². The lowest BCUT2D eigenvalue weighted by molar-refractivity contribution is -0.116. The van der Waals surface area contributed by atoms with Crippen LogP contribution in [0.1, 0.15) is 39.1 Å². The van der Waals surface area contributed by atoms with E-state index in [4.69, 9.17) is 9.47 Å². The average molecular weight is 505 g/mol. The molecule has 1 aliphatic rings. The third-order valence-corrected chi connectivity index (χ3v) is 7.21. The van der Waals surface area contributed by atoms with E-state index in [-0.39, 0.29) is 25.0 Å². The molecular weight excluding hydrogens is 476 g/mol. The van der Waals surface area contributed by atoms with Crippen LogP contribution in [0, 0.1) is 18.3 Å². The second kappa shape index (κ2) is 11.7. The molecule has 0 spiro atoms. The number of methoxy groups -OCH3 is 1. The summed E-state index contributed by atoms with van der Waals surface area (Å²) >= 11 is 1.35. The molecule has 0 saturated carbocycles. The number of rotatable bonds is 8. The van der Waals surface area contributed by atoms with Crippen LogP contribution < -0.4 is 10.1 Å². The Bertz CT molecular complexity index is 1280. The number of benzene rings is 1. The van der Waals surface area contributed by atoms with Crippen molar-refractivity contribution in [3.8, 4) is 11.8 Å². The van der Waals surface area contributed by atoms with Crippen LogP contribution in [0.15, 0.2) is 42.7 Å². The Morgan fingerprint density at radius 1 is 1.28 bits per heavy atom. The fraction of sp³-hybridized carbons (Fsp3) is 0.333. The Labute approximate surface area is 214 Å². The summed E-state index contributed by atoms with van der Waals surface area (Å²) < 4.78 is 10.8. The van der Waals surface area contributed by atoms with Gasteiger partial charge in [-0.1, -0.05) is 23.8 Å². The van der Waals surface area contributed by atoms with Crippen LogP contribution in [0.25, 0.3) is 0 Å². The molecule has 4 rings (SSSR count). The van der Waals surface area contributed by atoms with Gasteiger partial charge in [0.1, 0.15) is 16.8 Å². The van der Waals surface area contributed by atoms with Crippen LogP contribution in [0.4, 0.5) is 9.80 Å². The van der Waals surface area contributed by atoms with Gasteiger partial charge in [-0.3, -0.25) is 9.78 Å². The molecular formula is C27H28N4O4S. The second-order valence-electron chi connectivity index (χ2n) is 8.58. The third-order valence-electron chi connectivity index (χ3n) is 6.08. The maximum Gasteiger partial charge on any atom is 0.410 e. The average Bonchev–Trinajstić information content (AvgIpc) is 3.24. The van der Waals surface area contributed by atoms with Gasteiger partial charge in [-0.15, -0.1) is 11.3 Å². The van der Waals surface area contributed by atoms with E-state index < -0.39 is 0 Å². The van der Waals surface area contributed by atoms with E-state index in [1.54, 1.807) is 24.4 Å². The third kappa shape index (κ3) is 6.01. The zero-order valence-corrected chi connectivity index (χ0v) is 21.2. The molecule has 8 nitrogen and oxygen atoms in total. The fourth-order valence-electron chi connectivity index (χ4n) is 4.20. The number of aromatic nitrogens is 1. The number of carbonyl (C=O) groups excluding carboxylic acids is 2. The zero-order chi connectivity index (χ0) is 25.5. The molecule has 0 bridgehead atoms. The number of hydrogen-bond donors (Lipinski definition) is 1. The molecule has 3 heterocycles. The lowest BCUT2D eigenvalue weighted by atomic mass is 10.0. The zero-order valence-electron chi connectivity index (χ0n) is 20.4. The molecule has 2 amide bonds. The van der Waals surface area contributed by atoms with E-state index in [1.807, 2.05) is 37.3 Å². The maximum absolute atomic E-state index is 12.7. The SMILES string of the molecule is COc1ccc(C)cc1CCC(=O)Nc1sc2c(c1C#N)CCN(C(=O)OCCc1cccnc1)C2. The van der Waals surface area contributed by atoms with Crippen molar-refractivity contribution in [1.82, 2.24) is 9.88 Å². The molecule has 1 N–H and O–H groups in total. The summed E-state index contributed by atoms with van der Waals surface area (Å²) in [6.45, 7) is 3.09. The van der Waals surface area contributed by atoms with Crippen molar-refractivity contribution in [2.75, 3.05) is 25.6 Å². The first-order valence-corrected chi connectivity index (χ1v) is 12.6. The second-order valence-corrected chi connectivity index (χ2v) is 9.69. The smallest absolute Gasteiger partial charge is 0.410 e. The first kappa shape index (κ1) is 25.2. The van der Waals surface area contributed by atoms with Gasteiger partial charge in [0.25, 0.3) is 0 Å². The van der Waals surface area contributed by atoms with Crippen LogP contribution in [0.2, 0.25) is 0 Å². The van der Waals surface area contributed by atoms with Gasteiger partial charge in [0, 0.05) is 36.7 Å². The highest BCUT2D eigenvalue weighted by molar-refractivity contribution is 7.16. The minimum absolute atomic E-state index is 0.166. The molecule has 36 heavy (non-hydrogen) atoms. The number of nitrogens with one attached hydrogen (secondary N) is 1. The number of pyridine rings is 1. The number of thiophene rings is 1. The van der Waals surface area contributed by atoms with Crippen molar-refractivity contribution < 1.29 is 19.1 Å². The van der Waals surface area contributed by atoms with Gasteiger partial charge in [-0.25, -0.2) is 4.79 Å². The largest absolute Gasteiger partial charge is 0.496 e. The number of aryl methyl sites for hydroxylation is 2. The number of ether oxygens (including phenoxy) is 2. The van der Waals surface area contributed by atoms with Crippen molar-refractivity contribution in [3.05, 3.63) is 75.4 Å². The monoisotopic (exact) mass is 504 g/mol. The van der Waals surface area contributed by atoms with Crippen LogP contribution in [0.5, 0.6) is 5.75 Å². The molecule has 0 fully saturated rings. The van der Waals surface area contributed by atoms with Crippen molar-refractivity contribution in [2.24, 2.45) is 0 Å². The Balaban J connectivity index is 1.35. The Hall–Kier alpha value is -3.90. The fourth-order valence-corrected chi connectivity index (χ4v) is 5.43. The maximum atomic E-state index is 12.7. The van der Waals surface area contributed by atoms with Crippen molar-refractivity contribution in [2.45, 2.75) is 39.2 Å². The van der Waals surface area contributed by atoms with Gasteiger partial charge in [0.05, 0.1) is 25.8 Å². The van der Waals surface area contributed by atoms with Crippen molar-refractivity contribution in [1.29, 1.82) is 5.26 Å². The number of hydrogen-bond acceptors (Lipinski definition) is 7. The van der Waals surface area contributed by atoms with Gasteiger partial charge in [0.2, 0.25) is 5.91 Å². The molecule has 3 aromatic rings. The number of nitriles is 1. The summed E-state index contributed by atoms with van der Waals surface area (Å²) in [5, 5.41) is 13.2. The van der Waals surface area contributed by atoms with Crippen LogP contribution in [-0.4, -0.2) is 42.1 Å². The highest BCUT2D eigenvalue weighted by Gasteiger charge is 2.28. The van der Waals surface area contributed by atoms with Gasteiger partial charge in [-0.05, 0) is 48.6 Å². The van der Waals surface area contributed by atoms with E-state index in [2.05, 4.69) is 16.4 Å². The van der Waals surface area contributed by atoms with Crippen molar-refractivity contribution >= 4 is 28.3 Å². The molecule has 2 aromatic heterocycles. The molecule has 0 unspecified atom stereocenters. The van der Waals surface area contributed by atoms with E-state index in [9.17, 15) is 14.9 Å². The van der Waals surface area contributed by atoms with Gasteiger partial charge >= 0.3 is 6.09 Å². The lowest BCUT2D eigenvalue weighted by Crippen LogP contribution is -2.36. The number of fused-ring (bicyclic) bond motifs is 1.